The Morgan fingerprint density at radius 1 is 0.729 bits per heavy atom. The maximum absolute atomic E-state index is 14.1. The maximum Gasteiger partial charge on any atom is 0.245 e. The van der Waals surface area contributed by atoms with Crippen LogP contribution in [0, 0.1) is 11.8 Å². The predicted octanol–water partition coefficient (Wildman–Crippen LogP) is -3.44. The molecule has 0 aliphatic carbocycles. The van der Waals surface area contributed by atoms with Gasteiger partial charge in [0.05, 0.1) is 19.0 Å². The molecule has 26 heteroatoms. The van der Waals surface area contributed by atoms with Crippen molar-refractivity contribution in [2.45, 2.75) is 134 Å². The van der Waals surface area contributed by atoms with Gasteiger partial charge in [-0.15, -0.1) is 11.6 Å². The third kappa shape index (κ3) is 20.0. The van der Waals surface area contributed by atoms with Crippen molar-refractivity contribution in [1.82, 2.24) is 42.1 Å². The van der Waals surface area contributed by atoms with Gasteiger partial charge in [-0.05, 0) is 61.6 Å². The average Bonchev–Trinajstić information content (AvgIpc) is 3.80. The zero-order valence-electron chi connectivity index (χ0n) is 39.8. The van der Waals surface area contributed by atoms with Crippen molar-refractivity contribution in [3.8, 4) is 5.75 Å². The number of nitrogens with two attached hydrogens (primary N) is 4. The fourth-order valence-electron chi connectivity index (χ4n) is 7.30. The first-order valence-corrected chi connectivity index (χ1v) is 24.0. The van der Waals surface area contributed by atoms with Crippen LogP contribution in [0.15, 0.2) is 24.3 Å². The maximum atomic E-state index is 14.1. The number of benzene rings is 1. The van der Waals surface area contributed by atoms with Crippen molar-refractivity contribution in [1.29, 1.82) is 0 Å². The summed E-state index contributed by atoms with van der Waals surface area (Å²) in [6.45, 7) is 6.60. The summed E-state index contributed by atoms with van der Waals surface area (Å²) in [7, 11) is 0. The zero-order chi connectivity index (χ0) is 52.8. The van der Waals surface area contributed by atoms with Gasteiger partial charge in [0.15, 0.2) is 0 Å². The minimum Gasteiger partial charge on any atom is -0.508 e. The second-order valence-corrected chi connectivity index (χ2v) is 18.2. The first kappa shape index (κ1) is 59.9. The Morgan fingerprint density at radius 3 is 1.87 bits per heavy atom. The smallest absolute Gasteiger partial charge is 0.245 e. The predicted molar refractivity (Wildman–Crippen MR) is 259 cm³/mol. The molecule has 1 aromatic rings. The molecule has 70 heavy (non-hydrogen) atoms. The van der Waals surface area contributed by atoms with Crippen molar-refractivity contribution in [2.24, 2.45) is 34.8 Å². The van der Waals surface area contributed by atoms with E-state index < -0.39 is 145 Å². The van der Waals surface area contributed by atoms with E-state index in [0.717, 1.165) is 0 Å². The highest BCUT2D eigenvalue weighted by atomic mass is 35.5. The second-order valence-electron chi connectivity index (χ2n) is 17.5. The summed E-state index contributed by atoms with van der Waals surface area (Å²) in [5, 5.41) is 27.3. The molecule has 1 heterocycles. The molecule has 1 fully saturated rings. The molecule has 16 N–H and O–H groups in total. The Morgan fingerprint density at radius 2 is 1.31 bits per heavy atom. The van der Waals surface area contributed by atoms with Gasteiger partial charge in [-0.1, -0.05) is 46.2 Å². The van der Waals surface area contributed by atoms with Gasteiger partial charge in [-0.2, -0.15) is 12.6 Å². The zero-order valence-corrected chi connectivity index (χ0v) is 41.4. The van der Waals surface area contributed by atoms with Crippen molar-refractivity contribution < 1.29 is 57.8 Å². The fourth-order valence-corrected chi connectivity index (χ4v) is 7.69. The highest BCUT2D eigenvalue weighted by molar-refractivity contribution is 7.80. The number of carbonyl (C=O) groups excluding carboxylic acids is 11. The molecule has 390 valence electrons. The van der Waals surface area contributed by atoms with Crippen LogP contribution >= 0.6 is 24.2 Å². The number of phenolic OH excluding ortho intramolecular Hbond substituents is 1. The Bertz CT molecular complexity index is 2030. The highest BCUT2D eigenvalue weighted by Gasteiger charge is 2.40. The number of nitrogens with zero attached hydrogens (tertiary/aromatic N) is 1. The third-order valence-corrected chi connectivity index (χ3v) is 11.9. The van der Waals surface area contributed by atoms with E-state index in [0.29, 0.717) is 18.4 Å². The minimum atomic E-state index is -1.77. The van der Waals surface area contributed by atoms with Crippen LogP contribution in [-0.4, -0.2) is 148 Å². The van der Waals surface area contributed by atoms with Crippen molar-refractivity contribution in [3.05, 3.63) is 29.8 Å². The number of likely N-dealkylation sites (tertiary alicyclic amines) is 1. The summed E-state index contributed by atoms with van der Waals surface area (Å²) in [6.07, 6.45) is -0.886. The molecule has 1 aliphatic heterocycles. The number of alkyl halides is 1. The van der Waals surface area contributed by atoms with Gasteiger partial charge in [-0.25, -0.2) is 0 Å². The van der Waals surface area contributed by atoms with E-state index in [2.05, 4.69) is 49.8 Å². The van der Waals surface area contributed by atoms with Gasteiger partial charge < -0.3 is 70.2 Å². The molecule has 1 aromatic carbocycles. The first-order chi connectivity index (χ1) is 32.9. The molecule has 1 saturated heterocycles. The number of aromatic hydroxyl groups is 1. The minimum absolute atomic E-state index is 0.0437. The molecular formula is C44H69ClN12O12S. The van der Waals surface area contributed by atoms with Crippen LogP contribution in [0.4, 0.5) is 0 Å². The van der Waals surface area contributed by atoms with Crippen molar-refractivity contribution in [2.75, 3.05) is 24.7 Å². The van der Waals surface area contributed by atoms with Crippen LogP contribution < -0.4 is 60.2 Å². The number of thiol groups is 1. The van der Waals surface area contributed by atoms with Crippen LogP contribution in [0.5, 0.6) is 5.75 Å². The normalized spacial score (nSPS) is 16.7. The number of nitrogens with one attached hydrogen (secondary N) is 7. The van der Waals surface area contributed by atoms with E-state index in [4.69, 9.17) is 34.5 Å². The van der Waals surface area contributed by atoms with E-state index in [1.54, 1.807) is 13.8 Å². The SMILES string of the molecule is CC[C@H](C)[C@H](NC(=O)[C@H](Cc1ccc(O)cc1)NC(=O)[C@@H](N)CS)C(=O)N[C@@H](CCC(N)=O)C(=O)N[C@@H](CC(N)=O)C(=O)N[C@@H](CCCl)C(=O)N1CCC[C@H]1C(=O)N[C@@H](CC(C)C)C(=O)NCC(N)=O. The number of phenols is 1. The monoisotopic (exact) mass is 1020 g/mol. The number of halogens is 1. The molecule has 0 radical (unpaired) electrons. The third-order valence-electron chi connectivity index (χ3n) is 11.3. The lowest BCUT2D eigenvalue weighted by molar-refractivity contribution is -0.142. The molecule has 9 atom stereocenters. The summed E-state index contributed by atoms with van der Waals surface area (Å²) in [4.78, 5) is 146. The summed E-state index contributed by atoms with van der Waals surface area (Å²) < 4.78 is 0. The van der Waals surface area contributed by atoms with Crippen LogP contribution in [0.1, 0.15) is 84.6 Å². The number of primary amides is 3. The second kappa shape index (κ2) is 29.7. The molecule has 24 nitrogen and oxygen atoms in total. The fraction of sp³-hybridized carbons (Fsp3) is 0.614. The summed E-state index contributed by atoms with van der Waals surface area (Å²) >= 11 is 10.1. The number of carbonyl (C=O) groups is 11. The summed E-state index contributed by atoms with van der Waals surface area (Å²) in [5.74, 6) is -10.3. The van der Waals surface area contributed by atoms with Crippen molar-refractivity contribution >= 4 is 89.2 Å². The molecule has 0 spiro atoms. The van der Waals surface area contributed by atoms with Gasteiger partial charge in [0.2, 0.25) is 65.0 Å². The lowest BCUT2D eigenvalue weighted by Gasteiger charge is -2.31. The Hall–Kier alpha value is -6.21. The number of hydrogen-bond acceptors (Lipinski definition) is 14. The lowest BCUT2D eigenvalue weighted by atomic mass is 9.96. The molecule has 0 unspecified atom stereocenters. The van der Waals surface area contributed by atoms with Gasteiger partial charge >= 0.3 is 0 Å². The summed E-state index contributed by atoms with van der Waals surface area (Å²) in [5.41, 5.74) is 22.4. The largest absolute Gasteiger partial charge is 0.508 e. The quantitative estimate of drug-likeness (QED) is 0.0264. The topological polar surface area (TPSA) is 400 Å². The van der Waals surface area contributed by atoms with Gasteiger partial charge in [0.1, 0.15) is 48.0 Å². The van der Waals surface area contributed by atoms with Crippen molar-refractivity contribution in [3.63, 3.8) is 0 Å². The van der Waals surface area contributed by atoms with Gasteiger partial charge in [0.25, 0.3) is 0 Å². The van der Waals surface area contributed by atoms with Gasteiger partial charge in [0, 0.05) is 31.0 Å². The Kier molecular flexibility index (Phi) is 25.5. The molecule has 11 amide bonds. The number of rotatable bonds is 30. The van der Waals surface area contributed by atoms with E-state index >= 15 is 0 Å². The number of hydrogen-bond donors (Lipinski definition) is 13. The van der Waals surface area contributed by atoms with Gasteiger partial charge in [-0.3, -0.25) is 52.7 Å². The van der Waals surface area contributed by atoms with Crippen LogP contribution in [0.2, 0.25) is 0 Å². The van der Waals surface area contributed by atoms with E-state index in [9.17, 15) is 57.8 Å². The summed E-state index contributed by atoms with van der Waals surface area (Å²) in [6, 6.07) is -4.87. The van der Waals surface area contributed by atoms with Crippen LogP contribution in [-0.2, 0) is 59.2 Å². The molecule has 0 saturated carbocycles. The molecule has 0 aromatic heterocycles. The molecular weight excluding hydrogens is 956 g/mol. The van der Waals surface area contributed by atoms with E-state index in [1.165, 1.54) is 29.2 Å². The Labute approximate surface area is 416 Å². The standard InChI is InChI=1S/C44H69ClN12O12S/c1-5-23(4)36(56-41(66)30(53-37(62)26(46)21-70)18-24-8-10-25(58)11-9-24)43(68)51-27(12-13-33(47)59)39(64)54-31(19-34(48)60)40(65)52-28(14-15-45)44(69)57-16-6-7-32(57)42(67)55-29(17-22(2)3)38(63)50-20-35(49)61/h8-11,22-23,26-32,36,58,70H,5-7,12-21,46H2,1-4H3,(H2,47,59)(H2,48,60)(H2,49,61)(H,50,63)(H,51,68)(H,52,65)(H,53,62)(H,54,64)(H,55,67)(H,56,66)/t23-,26-,27-,28-,29-,30-,31-,32-,36-/m0/s1. The molecule has 1 aliphatic rings. The first-order valence-electron chi connectivity index (χ1n) is 22.9. The van der Waals surface area contributed by atoms with Crippen LogP contribution in [0.25, 0.3) is 0 Å². The van der Waals surface area contributed by atoms with E-state index in [-0.39, 0.29) is 55.5 Å². The average molecular weight is 1030 g/mol. The lowest BCUT2D eigenvalue weighted by Crippen LogP contribution is -2.61. The molecule has 2 rings (SSSR count). The Balaban J connectivity index is 2.37. The van der Waals surface area contributed by atoms with Crippen LogP contribution in [0.3, 0.4) is 0 Å². The van der Waals surface area contributed by atoms with E-state index in [1.807, 2.05) is 13.8 Å². The highest BCUT2D eigenvalue weighted by Crippen LogP contribution is 2.21. The number of amides is 11. The molecule has 0 bridgehead atoms.